The van der Waals surface area contributed by atoms with E-state index in [1.807, 2.05) is 6.07 Å². The van der Waals surface area contributed by atoms with Crippen molar-refractivity contribution in [3.63, 3.8) is 0 Å². The van der Waals surface area contributed by atoms with Crippen LogP contribution >= 0.6 is 11.3 Å². The lowest BCUT2D eigenvalue weighted by molar-refractivity contribution is 0.0847. The van der Waals surface area contributed by atoms with Crippen molar-refractivity contribution in [3.05, 3.63) is 51.2 Å². The van der Waals surface area contributed by atoms with E-state index in [2.05, 4.69) is 10.9 Å². The average Bonchev–Trinajstić information content (AvgIpc) is 2.84. The van der Waals surface area contributed by atoms with Gasteiger partial charge in [-0.15, -0.1) is 11.3 Å². The van der Waals surface area contributed by atoms with Gasteiger partial charge in [0.1, 0.15) is 5.75 Å². The number of benzene rings is 1. The third-order valence-electron chi connectivity index (χ3n) is 3.91. The molecule has 0 bridgehead atoms. The van der Waals surface area contributed by atoms with Crippen molar-refractivity contribution in [2.45, 2.75) is 32.1 Å². The SMILES string of the molecule is O=C(NNC(=O)c1ccccc1O)c1cc2c(s1)CCCCC2. The topological polar surface area (TPSA) is 78.4 Å². The number of thiophene rings is 1. The molecule has 6 heteroatoms. The zero-order valence-electron chi connectivity index (χ0n) is 12.6. The Morgan fingerprint density at radius 3 is 2.57 bits per heavy atom. The van der Waals surface area contributed by atoms with Crippen LogP contribution in [0.25, 0.3) is 0 Å². The van der Waals surface area contributed by atoms with Crippen molar-refractivity contribution in [1.29, 1.82) is 0 Å². The zero-order chi connectivity index (χ0) is 16.2. The van der Waals surface area contributed by atoms with Crippen LogP contribution in [0.5, 0.6) is 5.75 Å². The van der Waals surface area contributed by atoms with Gasteiger partial charge in [-0.05, 0) is 49.4 Å². The van der Waals surface area contributed by atoms with Gasteiger partial charge in [0.25, 0.3) is 11.8 Å². The molecule has 1 aliphatic rings. The molecule has 5 nitrogen and oxygen atoms in total. The second kappa shape index (κ2) is 6.83. The van der Waals surface area contributed by atoms with Crippen LogP contribution in [0.4, 0.5) is 0 Å². The van der Waals surface area contributed by atoms with Crippen molar-refractivity contribution in [2.24, 2.45) is 0 Å². The second-order valence-electron chi connectivity index (χ2n) is 5.55. The fourth-order valence-corrected chi connectivity index (χ4v) is 3.84. The summed E-state index contributed by atoms with van der Waals surface area (Å²) in [5, 5.41) is 9.63. The number of hydrazine groups is 1. The van der Waals surface area contributed by atoms with Crippen molar-refractivity contribution >= 4 is 23.2 Å². The first-order chi connectivity index (χ1) is 11.1. The first kappa shape index (κ1) is 15.6. The smallest absolute Gasteiger partial charge is 0.279 e. The van der Waals surface area contributed by atoms with Crippen LogP contribution in [0, 0.1) is 0 Å². The van der Waals surface area contributed by atoms with Crippen LogP contribution in [-0.4, -0.2) is 16.9 Å². The van der Waals surface area contributed by atoms with E-state index in [9.17, 15) is 14.7 Å². The minimum absolute atomic E-state index is 0.120. The van der Waals surface area contributed by atoms with E-state index >= 15 is 0 Å². The average molecular weight is 330 g/mol. The number of amides is 2. The van der Waals surface area contributed by atoms with Gasteiger partial charge in [-0.1, -0.05) is 18.6 Å². The summed E-state index contributed by atoms with van der Waals surface area (Å²) in [5.74, 6) is -0.997. The molecule has 2 aromatic rings. The maximum atomic E-state index is 12.2. The number of rotatable bonds is 2. The molecule has 0 radical (unpaired) electrons. The van der Waals surface area contributed by atoms with Crippen molar-refractivity contribution < 1.29 is 14.7 Å². The summed E-state index contributed by atoms with van der Waals surface area (Å²) < 4.78 is 0. The van der Waals surface area contributed by atoms with Crippen LogP contribution in [0.15, 0.2) is 30.3 Å². The summed E-state index contributed by atoms with van der Waals surface area (Å²) in [6, 6.07) is 8.11. The highest BCUT2D eigenvalue weighted by Gasteiger charge is 2.17. The van der Waals surface area contributed by atoms with Gasteiger partial charge < -0.3 is 5.11 Å². The first-order valence-corrected chi connectivity index (χ1v) is 8.47. The Morgan fingerprint density at radius 1 is 1.00 bits per heavy atom. The van der Waals surface area contributed by atoms with Crippen molar-refractivity contribution in [1.82, 2.24) is 10.9 Å². The maximum Gasteiger partial charge on any atom is 0.279 e. The molecule has 0 saturated heterocycles. The number of hydrogen-bond acceptors (Lipinski definition) is 4. The lowest BCUT2D eigenvalue weighted by Crippen LogP contribution is -2.41. The molecule has 3 N–H and O–H groups in total. The highest BCUT2D eigenvalue weighted by Crippen LogP contribution is 2.28. The van der Waals surface area contributed by atoms with E-state index < -0.39 is 5.91 Å². The number of aryl methyl sites for hydroxylation is 2. The Hall–Kier alpha value is -2.34. The number of carbonyl (C=O) groups is 2. The van der Waals surface area contributed by atoms with Crippen LogP contribution in [0.1, 0.15) is 49.7 Å². The monoisotopic (exact) mass is 330 g/mol. The van der Waals surface area contributed by atoms with Crippen LogP contribution in [0.3, 0.4) is 0 Å². The summed E-state index contributed by atoms with van der Waals surface area (Å²) in [6.07, 6.45) is 5.61. The molecule has 0 fully saturated rings. The van der Waals surface area contributed by atoms with E-state index in [4.69, 9.17) is 0 Å². The van der Waals surface area contributed by atoms with Crippen molar-refractivity contribution in [3.8, 4) is 5.75 Å². The predicted molar refractivity (Wildman–Crippen MR) is 88.6 cm³/mol. The van der Waals surface area contributed by atoms with E-state index in [-0.39, 0.29) is 17.2 Å². The molecule has 120 valence electrons. The molecular weight excluding hydrogens is 312 g/mol. The summed E-state index contributed by atoms with van der Waals surface area (Å²) in [6.45, 7) is 0. The molecule has 0 atom stereocenters. The number of phenolic OH excluding ortho intramolecular Hbond substituents is 1. The lowest BCUT2D eigenvalue weighted by atomic mass is 10.1. The van der Waals surface area contributed by atoms with E-state index in [1.165, 1.54) is 46.8 Å². The molecule has 2 amide bonds. The molecule has 1 aromatic heterocycles. The summed E-state index contributed by atoms with van der Waals surface area (Å²) in [7, 11) is 0. The van der Waals surface area contributed by atoms with Gasteiger partial charge in [-0.25, -0.2) is 0 Å². The van der Waals surface area contributed by atoms with Gasteiger partial charge in [0.2, 0.25) is 0 Å². The van der Waals surface area contributed by atoms with E-state index in [0.29, 0.717) is 4.88 Å². The van der Waals surface area contributed by atoms with Crippen LogP contribution < -0.4 is 10.9 Å². The Morgan fingerprint density at radius 2 is 1.74 bits per heavy atom. The molecule has 1 heterocycles. The standard InChI is InChI=1S/C17H18N2O3S/c20-13-8-5-4-7-12(13)16(21)18-19-17(22)15-10-11-6-2-1-3-9-14(11)23-15/h4-5,7-8,10,20H,1-3,6,9H2,(H,18,21)(H,19,22). The number of aromatic hydroxyl groups is 1. The number of nitrogens with one attached hydrogen (secondary N) is 2. The molecular formula is C17H18N2O3S. The molecule has 1 aliphatic carbocycles. The van der Waals surface area contributed by atoms with Gasteiger partial charge in [0.05, 0.1) is 10.4 Å². The third kappa shape index (κ3) is 3.53. The van der Waals surface area contributed by atoms with E-state index in [0.717, 1.165) is 19.3 Å². The van der Waals surface area contributed by atoms with Gasteiger partial charge >= 0.3 is 0 Å². The fourth-order valence-electron chi connectivity index (χ4n) is 2.69. The number of para-hydroxylation sites is 1. The van der Waals surface area contributed by atoms with Gasteiger partial charge in [-0.2, -0.15) is 0 Å². The first-order valence-electron chi connectivity index (χ1n) is 7.65. The number of carbonyl (C=O) groups excluding carboxylic acids is 2. The quantitative estimate of drug-likeness (QED) is 0.585. The Bertz CT molecular complexity index is 716. The third-order valence-corrected chi connectivity index (χ3v) is 5.14. The van der Waals surface area contributed by atoms with Crippen molar-refractivity contribution in [2.75, 3.05) is 0 Å². The Kier molecular flexibility index (Phi) is 4.62. The van der Waals surface area contributed by atoms with Crippen LogP contribution in [-0.2, 0) is 12.8 Å². The lowest BCUT2D eigenvalue weighted by Gasteiger charge is -2.07. The maximum absolute atomic E-state index is 12.2. The fraction of sp³-hybridized carbons (Fsp3) is 0.294. The summed E-state index contributed by atoms with van der Waals surface area (Å²) >= 11 is 1.49. The molecule has 3 rings (SSSR count). The van der Waals surface area contributed by atoms with Gasteiger partial charge in [0.15, 0.2) is 0 Å². The van der Waals surface area contributed by atoms with Crippen LogP contribution in [0.2, 0.25) is 0 Å². The predicted octanol–water partition coefficient (Wildman–Crippen LogP) is 2.80. The molecule has 0 unspecified atom stereocenters. The number of hydrogen-bond donors (Lipinski definition) is 3. The number of fused-ring (bicyclic) bond motifs is 1. The van der Waals surface area contributed by atoms with E-state index in [1.54, 1.807) is 12.1 Å². The summed E-state index contributed by atoms with van der Waals surface area (Å²) in [4.78, 5) is 26.0. The highest BCUT2D eigenvalue weighted by molar-refractivity contribution is 7.14. The minimum Gasteiger partial charge on any atom is -0.507 e. The van der Waals surface area contributed by atoms with Gasteiger partial charge in [-0.3, -0.25) is 20.4 Å². The molecule has 0 saturated carbocycles. The highest BCUT2D eigenvalue weighted by atomic mass is 32.1. The van der Waals surface area contributed by atoms with Gasteiger partial charge in [0, 0.05) is 4.88 Å². The Balaban J connectivity index is 1.64. The minimum atomic E-state index is -0.547. The normalized spacial score (nSPS) is 13.7. The molecule has 0 spiro atoms. The second-order valence-corrected chi connectivity index (χ2v) is 6.68. The Labute approximate surface area is 138 Å². The number of phenols is 1. The summed E-state index contributed by atoms with van der Waals surface area (Å²) in [5.41, 5.74) is 6.12. The zero-order valence-corrected chi connectivity index (χ0v) is 13.4. The molecule has 1 aromatic carbocycles. The molecule has 0 aliphatic heterocycles. The molecule has 23 heavy (non-hydrogen) atoms. The largest absolute Gasteiger partial charge is 0.507 e.